The minimum Gasteiger partial charge on any atom is -0.456 e. The van der Waals surface area contributed by atoms with Crippen LogP contribution in [0.1, 0.15) is 30.0 Å². The number of rotatable bonds is 5. The number of hydrogen-bond donors (Lipinski definition) is 0. The molecule has 5 heteroatoms. The summed E-state index contributed by atoms with van der Waals surface area (Å²) in [5.74, 6) is 1.20. The highest BCUT2D eigenvalue weighted by atomic mass is 16.3. The third-order valence-electron chi connectivity index (χ3n) is 12.4. The van der Waals surface area contributed by atoms with Crippen molar-refractivity contribution in [3.8, 4) is 22.6 Å². The molecule has 57 heavy (non-hydrogen) atoms. The van der Waals surface area contributed by atoms with E-state index in [9.17, 15) is 0 Å². The Kier molecular flexibility index (Phi) is 7.24. The smallest absolute Gasteiger partial charge is 0.160 e. The van der Waals surface area contributed by atoms with Gasteiger partial charge in [-0.2, -0.15) is 0 Å². The van der Waals surface area contributed by atoms with Crippen molar-refractivity contribution < 1.29 is 4.42 Å². The van der Waals surface area contributed by atoms with Gasteiger partial charge in [0.05, 0.1) is 23.5 Å². The normalized spacial score (nSPS) is 21.6. The molecule has 0 radical (unpaired) electrons. The van der Waals surface area contributed by atoms with Gasteiger partial charge in [-0.1, -0.05) is 127 Å². The number of nitrogens with zero attached hydrogens (tertiary/aromatic N) is 4. The fourth-order valence-electron chi connectivity index (χ4n) is 9.81. The molecule has 0 amide bonds. The van der Waals surface area contributed by atoms with E-state index >= 15 is 0 Å². The van der Waals surface area contributed by atoms with Crippen LogP contribution in [-0.2, 0) is 0 Å². The second-order valence-corrected chi connectivity index (χ2v) is 15.6. The molecule has 0 N–H and O–H groups in total. The van der Waals surface area contributed by atoms with Crippen LogP contribution in [0, 0.1) is 5.92 Å². The molecule has 5 aromatic carbocycles. The Labute approximate surface area is 331 Å². The standard InChI is InChI=1S/C52H38N4O/c1-4-14-33(15-5-1)44-31-45(34-16-6-2-7-17-34)54-52(53-44)35-24-26-40-43-29-37(25-27-50(43)57-51(40)28-35)56-47-23-13-11-21-39(47)42-30-41-38-20-10-12-22-46(38)55(48(41)32-49(42)56)36-18-8-3-9-19-36/h1-16,18-31,34,39,47-48H,17,32H2. The molecule has 2 aromatic heterocycles. The van der Waals surface area contributed by atoms with Gasteiger partial charge in [0.15, 0.2) is 5.82 Å². The van der Waals surface area contributed by atoms with Gasteiger partial charge < -0.3 is 14.2 Å². The summed E-state index contributed by atoms with van der Waals surface area (Å²) in [4.78, 5) is 15.4. The first-order valence-electron chi connectivity index (χ1n) is 20.0. The molecule has 3 aliphatic carbocycles. The number of aromatic nitrogens is 2. The van der Waals surface area contributed by atoms with E-state index in [-0.39, 0.29) is 23.9 Å². The fraction of sp³-hybridized carbons (Fsp3) is 0.115. The fourth-order valence-corrected chi connectivity index (χ4v) is 9.81. The van der Waals surface area contributed by atoms with Crippen LogP contribution in [0.4, 0.5) is 17.1 Å². The first-order chi connectivity index (χ1) is 28.2. The largest absolute Gasteiger partial charge is 0.456 e. The van der Waals surface area contributed by atoms with Crippen LogP contribution in [0.25, 0.3) is 50.2 Å². The number of furan rings is 1. The second-order valence-electron chi connectivity index (χ2n) is 15.6. The van der Waals surface area contributed by atoms with Gasteiger partial charge in [0.25, 0.3) is 0 Å². The molecule has 7 aromatic rings. The molecule has 5 aliphatic rings. The molecular weight excluding hydrogens is 697 g/mol. The van der Waals surface area contributed by atoms with E-state index in [1.807, 2.05) is 6.07 Å². The first kappa shape index (κ1) is 32.3. The van der Waals surface area contributed by atoms with Gasteiger partial charge >= 0.3 is 0 Å². The molecule has 0 saturated heterocycles. The lowest BCUT2D eigenvalue weighted by Gasteiger charge is -2.35. The third kappa shape index (κ3) is 5.15. The Balaban J connectivity index is 0.945. The molecule has 12 rings (SSSR count). The van der Waals surface area contributed by atoms with E-state index in [0.717, 1.165) is 57.3 Å². The van der Waals surface area contributed by atoms with Crippen LogP contribution < -0.4 is 9.80 Å². The van der Waals surface area contributed by atoms with E-state index < -0.39 is 0 Å². The molecule has 0 bridgehead atoms. The van der Waals surface area contributed by atoms with E-state index in [2.05, 4.69) is 186 Å². The molecule has 5 nitrogen and oxygen atoms in total. The van der Waals surface area contributed by atoms with Crippen molar-refractivity contribution >= 4 is 44.6 Å². The number of benzene rings is 5. The number of para-hydroxylation sites is 2. The monoisotopic (exact) mass is 734 g/mol. The van der Waals surface area contributed by atoms with Crippen molar-refractivity contribution in [2.45, 2.75) is 30.8 Å². The Morgan fingerprint density at radius 2 is 1.44 bits per heavy atom. The predicted octanol–water partition coefficient (Wildman–Crippen LogP) is 12.5. The summed E-state index contributed by atoms with van der Waals surface area (Å²) in [5, 5.41) is 2.20. The molecular formula is C52H38N4O. The first-order valence-corrected chi connectivity index (χ1v) is 20.0. The van der Waals surface area contributed by atoms with Crippen LogP contribution in [0.5, 0.6) is 0 Å². The lowest BCUT2D eigenvalue weighted by Crippen LogP contribution is -2.35. The van der Waals surface area contributed by atoms with Crippen LogP contribution in [-0.4, -0.2) is 22.1 Å². The van der Waals surface area contributed by atoms with Crippen molar-refractivity contribution in [3.63, 3.8) is 0 Å². The molecule has 0 spiro atoms. The predicted molar refractivity (Wildman–Crippen MR) is 232 cm³/mol. The van der Waals surface area contributed by atoms with Crippen molar-refractivity contribution in [2.75, 3.05) is 9.80 Å². The van der Waals surface area contributed by atoms with Crippen molar-refractivity contribution in [3.05, 3.63) is 205 Å². The van der Waals surface area contributed by atoms with E-state index in [1.54, 1.807) is 0 Å². The molecule has 0 saturated carbocycles. The summed E-state index contributed by atoms with van der Waals surface area (Å²) in [6.07, 6.45) is 22.2. The summed E-state index contributed by atoms with van der Waals surface area (Å²) >= 11 is 0. The lowest BCUT2D eigenvalue weighted by atomic mass is 9.84. The summed E-state index contributed by atoms with van der Waals surface area (Å²) in [5.41, 5.74) is 15.0. The summed E-state index contributed by atoms with van der Waals surface area (Å²) in [7, 11) is 0. The zero-order chi connectivity index (χ0) is 37.5. The maximum atomic E-state index is 6.61. The van der Waals surface area contributed by atoms with Gasteiger partial charge in [-0.15, -0.1) is 0 Å². The van der Waals surface area contributed by atoms with E-state index in [0.29, 0.717) is 5.82 Å². The maximum Gasteiger partial charge on any atom is 0.160 e. The van der Waals surface area contributed by atoms with Crippen LogP contribution in [0.2, 0.25) is 0 Å². The van der Waals surface area contributed by atoms with E-state index in [4.69, 9.17) is 14.4 Å². The Hall–Kier alpha value is -6.98. The van der Waals surface area contributed by atoms with Crippen LogP contribution >= 0.6 is 0 Å². The molecule has 4 unspecified atom stereocenters. The molecule has 2 aliphatic heterocycles. The zero-order valence-electron chi connectivity index (χ0n) is 31.2. The minimum atomic E-state index is 0.205. The Morgan fingerprint density at radius 3 is 2.32 bits per heavy atom. The number of anilines is 3. The number of allylic oxidation sites excluding steroid dienone is 7. The summed E-state index contributed by atoms with van der Waals surface area (Å²) < 4.78 is 6.61. The quantitative estimate of drug-likeness (QED) is 0.176. The van der Waals surface area contributed by atoms with E-state index in [1.165, 1.54) is 39.5 Å². The van der Waals surface area contributed by atoms with Crippen LogP contribution in [0.3, 0.4) is 0 Å². The topological polar surface area (TPSA) is 45.4 Å². The molecule has 272 valence electrons. The highest BCUT2D eigenvalue weighted by Gasteiger charge is 2.46. The third-order valence-corrected chi connectivity index (χ3v) is 12.4. The number of hydrogen-bond acceptors (Lipinski definition) is 5. The highest BCUT2D eigenvalue weighted by Crippen LogP contribution is 2.54. The lowest BCUT2D eigenvalue weighted by molar-refractivity contribution is 0.667. The Morgan fingerprint density at radius 1 is 0.614 bits per heavy atom. The van der Waals surface area contributed by atoms with Crippen molar-refractivity contribution in [1.82, 2.24) is 9.97 Å². The summed E-state index contributed by atoms with van der Waals surface area (Å²) in [6.45, 7) is 0. The average molecular weight is 735 g/mol. The zero-order valence-corrected chi connectivity index (χ0v) is 31.2. The van der Waals surface area contributed by atoms with Gasteiger partial charge in [-0.05, 0) is 72.2 Å². The van der Waals surface area contributed by atoms with Gasteiger partial charge in [-0.25, -0.2) is 9.97 Å². The van der Waals surface area contributed by atoms with Gasteiger partial charge in [0.1, 0.15) is 11.2 Å². The highest BCUT2D eigenvalue weighted by molar-refractivity contribution is 6.07. The van der Waals surface area contributed by atoms with Gasteiger partial charge in [0, 0.05) is 68.5 Å². The number of fused-ring (bicyclic) bond motifs is 8. The van der Waals surface area contributed by atoms with Crippen molar-refractivity contribution in [2.24, 2.45) is 5.92 Å². The SMILES string of the molecule is C1=CCC(c2cc(-c3ccccc3)nc(-c3ccc4c(c3)oc3ccc(N5C6=C(C=C7c8ccccc8N(c8ccccc8)C7C6)C6C=CC=CC65)cc34)n2)C=C1. The maximum absolute atomic E-state index is 6.61. The average Bonchev–Trinajstić information content (AvgIpc) is 3.93. The Bertz CT molecular complexity index is 2950. The summed E-state index contributed by atoms with van der Waals surface area (Å²) in [6, 6.07) is 45.9. The van der Waals surface area contributed by atoms with Gasteiger partial charge in [-0.3, -0.25) is 0 Å². The van der Waals surface area contributed by atoms with Gasteiger partial charge in [0.2, 0.25) is 0 Å². The minimum absolute atomic E-state index is 0.205. The molecule has 4 atom stereocenters. The van der Waals surface area contributed by atoms with Crippen LogP contribution in [0.15, 0.2) is 198 Å². The molecule has 4 heterocycles. The van der Waals surface area contributed by atoms with Crippen molar-refractivity contribution in [1.29, 1.82) is 0 Å². The molecule has 0 fully saturated rings. The second kappa shape index (κ2) is 12.8.